The zero-order chi connectivity index (χ0) is 15.4. The van der Waals surface area contributed by atoms with Gasteiger partial charge in [-0.2, -0.15) is 0 Å². The smallest absolute Gasteiger partial charge is 0.306 e. The Morgan fingerprint density at radius 3 is 2.71 bits per heavy atom. The number of ether oxygens (including phenoxy) is 1. The molecular formula is C15H18FNO4. The number of benzene rings is 1. The van der Waals surface area contributed by atoms with Crippen LogP contribution in [0.15, 0.2) is 18.2 Å². The maximum atomic E-state index is 13.9. The summed E-state index contributed by atoms with van der Waals surface area (Å²) in [5.41, 5.74) is 0.343. The van der Waals surface area contributed by atoms with Crippen molar-refractivity contribution in [3.05, 3.63) is 29.6 Å². The molecule has 1 aliphatic carbocycles. The van der Waals surface area contributed by atoms with Gasteiger partial charge >= 0.3 is 5.97 Å². The molecule has 1 fully saturated rings. The first kappa shape index (κ1) is 15.3. The van der Waals surface area contributed by atoms with Gasteiger partial charge in [-0.25, -0.2) is 4.39 Å². The van der Waals surface area contributed by atoms with Crippen molar-refractivity contribution in [1.29, 1.82) is 0 Å². The largest absolute Gasteiger partial charge is 0.494 e. The highest BCUT2D eigenvalue weighted by Gasteiger charge is 2.33. The van der Waals surface area contributed by atoms with Crippen molar-refractivity contribution in [3.8, 4) is 5.75 Å². The van der Waals surface area contributed by atoms with Gasteiger partial charge in [0.25, 0.3) is 0 Å². The standard InChI is InChI=1S/C15H18FNO4/c1-21-12-4-2-3-11(13(12)16)8-17-14(18)9-5-6-10(7-9)15(19)20/h2-4,9-10H,5-8H2,1H3,(H,17,18)(H,19,20)/t9-,10+/m1/s1. The van der Waals surface area contributed by atoms with Gasteiger partial charge in [0.2, 0.25) is 5.91 Å². The maximum Gasteiger partial charge on any atom is 0.306 e. The van der Waals surface area contributed by atoms with Crippen molar-refractivity contribution < 1.29 is 23.8 Å². The third-order valence-electron chi connectivity index (χ3n) is 3.87. The van der Waals surface area contributed by atoms with Crippen LogP contribution < -0.4 is 10.1 Å². The first-order valence-corrected chi connectivity index (χ1v) is 6.84. The van der Waals surface area contributed by atoms with Crippen LogP contribution in [0.3, 0.4) is 0 Å². The van der Waals surface area contributed by atoms with E-state index in [-0.39, 0.29) is 24.1 Å². The summed E-state index contributed by atoms with van der Waals surface area (Å²) in [6.07, 6.45) is 1.42. The molecule has 0 unspecified atom stereocenters. The Morgan fingerprint density at radius 1 is 1.38 bits per heavy atom. The van der Waals surface area contributed by atoms with E-state index in [0.29, 0.717) is 24.8 Å². The molecule has 0 aromatic heterocycles. The van der Waals surface area contributed by atoms with Crippen molar-refractivity contribution in [1.82, 2.24) is 5.32 Å². The fraction of sp³-hybridized carbons (Fsp3) is 0.467. The highest BCUT2D eigenvalue weighted by atomic mass is 19.1. The van der Waals surface area contributed by atoms with Crippen LogP contribution in [0.5, 0.6) is 5.75 Å². The monoisotopic (exact) mass is 295 g/mol. The fourth-order valence-electron chi connectivity index (χ4n) is 2.62. The topological polar surface area (TPSA) is 75.6 Å². The predicted molar refractivity (Wildman–Crippen MR) is 73.3 cm³/mol. The number of hydrogen-bond donors (Lipinski definition) is 2. The maximum absolute atomic E-state index is 13.9. The molecule has 0 heterocycles. The van der Waals surface area contributed by atoms with Gasteiger partial charge < -0.3 is 15.2 Å². The minimum absolute atomic E-state index is 0.0656. The molecule has 21 heavy (non-hydrogen) atoms. The van der Waals surface area contributed by atoms with E-state index in [1.54, 1.807) is 12.1 Å². The van der Waals surface area contributed by atoms with E-state index < -0.39 is 17.7 Å². The van der Waals surface area contributed by atoms with Gasteiger partial charge in [-0.05, 0) is 25.3 Å². The summed E-state index contributed by atoms with van der Waals surface area (Å²) in [5, 5.41) is 11.6. The number of hydrogen-bond acceptors (Lipinski definition) is 3. The van der Waals surface area contributed by atoms with Gasteiger partial charge in [0.05, 0.1) is 13.0 Å². The lowest BCUT2D eigenvalue weighted by molar-refractivity contribution is -0.141. The Bertz CT molecular complexity index is 546. The van der Waals surface area contributed by atoms with Crippen LogP contribution in [0.4, 0.5) is 4.39 Å². The molecule has 1 aromatic carbocycles. The first-order valence-electron chi connectivity index (χ1n) is 6.84. The predicted octanol–water partition coefficient (Wildman–Crippen LogP) is 1.95. The molecule has 0 aliphatic heterocycles. The number of aliphatic carboxylic acids is 1. The third-order valence-corrected chi connectivity index (χ3v) is 3.87. The average Bonchev–Trinajstić information content (AvgIpc) is 2.96. The molecule has 6 heteroatoms. The normalized spacial score (nSPS) is 21.0. The van der Waals surface area contributed by atoms with Crippen LogP contribution in [0.1, 0.15) is 24.8 Å². The van der Waals surface area contributed by atoms with Crippen molar-refractivity contribution >= 4 is 11.9 Å². The lowest BCUT2D eigenvalue weighted by Crippen LogP contribution is -2.29. The van der Waals surface area contributed by atoms with Crippen LogP contribution in [0.2, 0.25) is 0 Å². The zero-order valence-electron chi connectivity index (χ0n) is 11.8. The summed E-state index contributed by atoms with van der Waals surface area (Å²) in [6, 6.07) is 4.74. The fourth-order valence-corrected chi connectivity index (χ4v) is 2.62. The summed E-state index contributed by atoms with van der Waals surface area (Å²) in [6.45, 7) is 0.0656. The quantitative estimate of drug-likeness (QED) is 0.870. The molecule has 2 N–H and O–H groups in total. The molecule has 1 saturated carbocycles. The summed E-state index contributed by atoms with van der Waals surface area (Å²) in [7, 11) is 1.38. The van der Waals surface area contributed by atoms with Crippen LogP contribution in [0.25, 0.3) is 0 Å². The van der Waals surface area contributed by atoms with E-state index in [0.717, 1.165) is 0 Å². The number of methoxy groups -OCH3 is 1. The van der Waals surface area contributed by atoms with E-state index >= 15 is 0 Å². The first-order chi connectivity index (χ1) is 10.0. The summed E-state index contributed by atoms with van der Waals surface area (Å²) >= 11 is 0. The molecule has 114 valence electrons. The number of amides is 1. The molecule has 0 radical (unpaired) electrons. The van der Waals surface area contributed by atoms with E-state index in [1.807, 2.05) is 0 Å². The SMILES string of the molecule is COc1cccc(CNC(=O)[C@@H]2CC[C@H](C(=O)O)C2)c1F. The number of halogens is 1. The molecule has 0 bridgehead atoms. The molecule has 1 aromatic rings. The van der Waals surface area contributed by atoms with Gasteiger partial charge in [-0.15, -0.1) is 0 Å². The van der Waals surface area contributed by atoms with Crippen LogP contribution in [-0.2, 0) is 16.1 Å². The number of rotatable bonds is 5. The summed E-state index contributed by atoms with van der Waals surface area (Å²) < 4.78 is 18.8. The lowest BCUT2D eigenvalue weighted by atomic mass is 10.0. The Balaban J connectivity index is 1.92. The number of carboxylic acids is 1. The van der Waals surface area contributed by atoms with Gasteiger partial charge in [0.1, 0.15) is 0 Å². The van der Waals surface area contributed by atoms with E-state index in [9.17, 15) is 14.0 Å². The number of carbonyl (C=O) groups excluding carboxylic acids is 1. The molecule has 2 atom stereocenters. The van der Waals surface area contributed by atoms with Crippen LogP contribution in [-0.4, -0.2) is 24.1 Å². The molecule has 0 saturated heterocycles. The van der Waals surface area contributed by atoms with Crippen molar-refractivity contribution in [2.75, 3.05) is 7.11 Å². The summed E-state index contributed by atoms with van der Waals surface area (Å²) in [4.78, 5) is 22.9. The molecule has 1 aliphatic rings. The van der Waals surface area contributed by atoms with E-state index in [4.69, 9.17) is 9.84 Å². The van der Waals surface area contributed by atoms with Crippen molar-refractivity contribution in [3.63, 3.8) is 0 Å². The van der Waals surface area contributed by atoms with Gasteiger partial charge in [-0.3, -0.25) is 9.59 Å². The molecule has 5 nitrogen and oxygen atoms in total. The minimum atomic E-state index is -0.857. The molecule has 2 rings (SSSR count). The highest BCUT2D eigenvalue weighted by molar-refractivity contribution is 5.80. The third kappa shape index (κ3) is 3.51. The lowest BCUT2D eigenvalue weighted by Gasteiger charge is -2.12. The van der Waals surface area contributed by atoms with E-state index in [2.05, 4.69) is 5.32 Å². The molecular weight excluding hydrogens is 277 g/mol. The van der Waals surface area contributed by atoms with E-state index in [1.165, 1.54) is 13.2 Å². The second kappa shape index (κ2) is 6.56. The molecule has 1 amide bonds. The molecule has 0 spiro atoms. The summed E-state index contributed by atoms with van der Waals surface area (Å²) in [5.74, 6) is -2.19. The average molecular weight is 295 g/mol. The Kier molecular flexibility index (Phi) is 4.77. The van der Waals surface area contributed by atoms with Gasteiger partial charge in [0.15, 0.2) is 11.6 Å². The van der Waals surface area contributed by atoms with Gasteiger partial charge in [-0.1, -0.05) is 12.1 Å². The Labute approximate surface area is 122 Å². The Hall–Kier alpha value is -2.11. The Morgan fingerprint density at radius 2 is 2.10 bits per heavy atom. The minimum Gasteiger partial charge on any atom is -0.494 e. The highest BCUT2D eigenvalue weighted by Crippen LogP contribution is 2.31. The van der Waals surface area contributed by atoms with Crippen LogP contribution >= 0.6 is 0 Å². The second-order valence-corrected chi connectivity index (χ2v) is 5.20. The zero-order valence-corrected chi connectivity index (χ0v) is 11.8. The van der Waals surface area contributed by atoms with Crippen molar-refractivity contribution in [2.45, 2.75) is 25.8 Å². The number of carboxylic acid groups (broad SMARTS) is 1. The van der Waals surface area contributed by atoms with Gasteiger partial charge in [0, 0.05) is 18.0 Å². The van der Waals surface area contributed by atoms with Crippen LogP contribution in [0, 0.1) is 17.7 Å². The van der Waals surface area contributed by atoms with Crippen molar-refractivity contribution in [2.24, 2.45) is 11.8 Å². The number of carbonyl (C=O) groups is 2. The second-order valence-electron chi connectivity index (χ2n) is 5.20. The number of nitrogens with one attached hydrogen (secondary N) is 1.